The standard InChI is InChI=1S/C15H25N3O4/c1-16-14(20)9-12-10-18(11-13(12)19)15(21)3-2-4-17-5-7-22-8-6-17/h2-3,12-13,19H,4-11H2,1H3,(H,16,20)/t12-,13-/m0/s1. The van der Waals surface area contributed by atoms with Crippen LogP contribution in [-0.4, -0.2) is 85.8 Å². The number of hydrogen-bond donors (Lipinski definition) is 2. The number of morpholine rings is 1. The molecule has 2 aliphatic heterocycles. The van der Waals surface area contributed by atoms with Crippen LogP contribution >= 0.6 is 0 Å². The number of aliphatic hydroxyl groups is 1. The Morgan fingerprint density at radius 2 is 2.05 bits per heavy atom. The maximum absolute atomic E-state index is 12.1. The van der Waals surface area contributed by atoms with Crippen molar-refractivity contribution in [1.29, 1.82) is 0 Å². The molecule has 0 aromatic rings. The Hall–Kier alpha value is -1.44. The van der Waals surface area contributed by atoms with Gasteiger partial charge < -0.3 is 20.1 Å². The lowest BCUT2D eigenvalue weighted by atomic mass is 10.0. The van der Waals surface area contributed by atoms with Gasteiger partial charge in [-0.1, -0.05) is 6.08 Å². The van der Waals surface area contributed by atoms with E-state index in [4.69, 9.17) is 4.74 Å². The van der Waals surface area contributed by atoms with Crippen LogP contribution in [0.2, 0.25) is 0 Å². The van der Waals surface area contributed by atoms with E-state index in [1.807, 2.05) is 6.08 Å². The number of likely N-dealkylation sites (tertiary alicyclic amines) is 1. The summed E-state index contributed by atoms with van der Waals surface area (Å²) >= 11 is 0. The van der Waals surface area contributed by atoms with Crippen molar-refractivity contribution in [2.24, 2.45) is 5.92 Å². The predicted octanol–water partition coefficient (Wildman–Crippen LogP) is -1.17. The number of carbonyl (C=O) groups excluding carboxylic acids is 2. The summed E-state index contributed by atoms with van der Waals surface area (Å²) < 4.78 is 5.27. The van der Waals surface area contributed by atoms with E-state index in [2.05, 4.69) is 10.2 Å². The fraction of sp³-hybridized carbons (Fsp3) is 0.733. The summed E-state index contributed by atoms with van der Waals surface area (Å²) in [5, 5.41) is 12.5. The minimum absolute atomic E-state index is 0.105. The van der Waals surface area contributed by atoms with E-state index in [1.54, 1.807) is 18.0 Å². The van der Waals surface area contributed by atoms with Gasteiger partial charge >= 0.3 is 0 Å². The first kappa shape index (κ1) is 16.9. The maximum atomic E-state index is 12.1. The van der Waals surface area contributed by atoms with Crippen LogP contribution in [0.15, 0.2) is 12.2 Å². The molecule has 7 heteroatoms. The zero-order valence-electron chi connectivity index (χ0n) is 13.0. The van der Waals surface area contributed by atoms with E-state index in [0.717, 1.165) is 32.8 Å². The van der Waals surface area contributed by atoms with Gasteiger partial charge in [0.05, 0.1) is 19.3 Å². The molecule has 2 atom stereocenters. The van der Waals surface area contributed by atoms with E-state index in [-0.39, 0.29) is 24.2 Å². The van der Waals surface area contributed by atoms with E-state index >= 15 is 0 Å². The molecule has 0 saturated carbocycles. The molecule has 7 nitrogen and oxygen atoms in total. The van der Waals surface area contributed by atoms with Crippen molar-refractivity contribution in [2.45, 2.75) is 12.5 Å². The molecule has 22 heavy (non-hydrogen) atoms. The Kier molecular flexibility index (Phi) is 6.35. The molecule has 2 heterocycles. The Balaban J connectivity index is 1.76. The van der Waals surface area contributed by atoms with Gasteiger partial charge in [0.2, 0.25) is 11.8 Å². The van der Waals surface area contributed by atoms with E-state index in [9.17, 15) is 14.7 Å². The van der Waals surface area contributed by atoms with Crippen molar-refractivity contribution in [3.8, 4) is 0 Å². The largest absolute Gasteiger partial charge is 0.391 e. The number of rotatable bonds is 5. The molecule has 2 saturated heterocycles. The van der Waals surface area contributed by atoms with Crippen LogP contribution in [0.4, 0.5) is 0 Å². The van der Waals surface area contributed by atoms with Crippen LogP contribution in [0.3, 0.4) is 0 Å². The smallest absolute Gasteiger partial charge is 0.246 e. The topological polar surface area (TPSA) is 82.1 Å². The number of nitrogens with one attached hydrogen (secondary N) is 1. The average Bonchev–Trinajstić information content (AvgIpc) is 2.89. The molecule has 0 aromatic heterocycles. The lowest BCUT2D eigenvalue weighted by Gasteiger charge is -2.25. The van der Waals surface area contributed by atoms with Crippen molar-refractivity contribution >= 4 is 11.8 Å². The highest BCUT2D eigenvalue weighted by Crippen LogP contribution is 2.20. The molecule has 2 N–H and O–H groups in total. The summed E-state index contributed by atoms with van der Waals surface area (Å²) in [5.41, 5.74) is 0. The zero-order chi connectivity index (χ0) is 15.9. The van der Waals surface area contributed by atoms with Crippen LogP contribution in [0.25, 0.3) is 0 Å². The fourth-order valence-corrected chi connectivity index (χ4v) is 2.77. The Bertz CT molecular complexity index is 421. The van der Waals surface area contributed by atoms with Crippen LogP contribution in [0.5, 0.6) is 0 Å². The van der Waals surface area contributed by atoms with Crippen molar-refractivity contribution in [3.63, 3.8) is 0 Å². The van der Waals surface area contributed by atoms with Crippen molar-refractivity contribution in [1.82, 2.24) is 15.1 Å². The first-order valence-corrected chi connectivity index (χ1v) is 7.74. The molecule has 2 amide bonds. The third kappa shape index (κ3) is 4.79. The van der Waals surface area contributed by atoms with Gasteiger partial charge in [0, 0.05) is 58.2 Å². The third-order valence-corrected chi connectivity index (χ3v) is 4.17. The van der Waals surface area contributed by atoms with Gasteiger partial charge in [-0.2, -0.15) is 0 Å². The second-order valence-corrected chi connectivity index (χ2v) is 5.76. The van der Waals surface area contributed by atoms with E-state index < -0.39 is 6.10 Å². The fourth-order valence-electron chi connectivity index (χ4n) is 2.77. The highest BCUT2D eigenvalue weighted by Gasteiger charge is 2.34. The lowest BCUT2D eigenvalue weighted by Crippen LogP contribution is -2.36. The van der Waals surface area contributed by atoms with Gasteiger partial charge in [-0.05, 0) is 0 Å². The summed E-state index contributed by atoms with van der Waals surface area (Å²) in [6.07, 6.45) is 3.03. The van der Waals surface area contributed by atoms with Crippen LogP contribution in [0, 0.1) is 5.92 Å². The SMILES string of the molecule is CNC(=O)C[C@H]1CN(C(=O)C=CCN2CCOCC2)C[C@@H]1O. The Labute approximate surface area is 130 Å². The maximum Gasteiger partial charge on any atom is 0.246 e. The number of ether oxygens (including phenoxy) is 1. The number of carbonyl (C=O) groups is 2. The van der Waals surface area contributed by atoms with Gasteiger partial charge in [0.25, 0.3) is 0 Å². The van der Waals surface area contributed by atoms with E-state index in [1.165, 1.54) is 0 Å². The first-order chi connectivity index (χ1) is 10.6. The third-order valence-electron chi connectivity index (χ3n) is 4.17. The molecule has 124 valence electrons. The second kappa shape index (κ2) is 8.26. The van der Waals surface area contributed by atoms with Crippen molar-refractivity contribution in [3.05, 3.63) is 12.2 Å². The lowest BCUT2D eigenvalue weighted by molar-refractivity contribution is -0.126. The van der Waals surface area contributed by atoms with Gasteiger partial charge in [0.1, 0.15) is 0 Å². The van der Waals surface area contributed by atoms with Gasteiger partial charge in [-0.15, -0.1) is 0 Å². The quantitative estimate of drug-likeness (QED) is 0.625. The zero-order valence-corrected chi connectivity index (χ0v) is 13.0. The van der Waals surface area contributed by atoms with Crippen LogP contribution in [0.1, 0.15) is 6.42 Å². The molecule has 0 aromatic carbocycles. The van der Waals surface area contributed by atoms with Crippen LogP contribution < -0.4 is 5.32 Å². The number of β-amino-alcohol motifs (C(OH)–C–C–N with tert-alkyl or cyclic N) is 1. The molecule has 0 unspecified atom stereocenters. The number of nitrogens with zero attached hydrogens (tertiary/aromatic N) is 2. The Morgan fingerprint density at radius 1 is 1.32 bits per heavy atom. The molecule has 0 aliphatic carbocycles. The normalized spacial score (nSPS) is 26.5. The van der Waals surface area contributed by atoms with Gasteiger partial charge in [0.15, 0.2) is 0 Å². The summed E-state index contributed by atoms with van der Waals surface area (Å²) in [4.78, 5) is 27.3. The molecule has 2 fully saturated rings. The summed E-state index contributed by atoms with van der Waals surface area (Å²) in [6, 6.07) is 0. The molecule has 0 bridgehead atoms. The minimum Gasteiger partial charge on any atom is -0.391 e. The van der Waals surface area contributed by atoms with E-state index in [0.29, 0.717) is 13.1 Å². The van der Waals surface area contributed by atoms with Crippen molar-refractivity contribution < 1.29 is 19.4 Å². The number of hydrogen-bond acceptors (Lipinski definition) is 5. The summed E-state index contributed by atoms with van der Waals surface area (Å²) in [5.74, 6) is -0.399. The number of amides is 2. The summed E-state index contributed by atoms with van der Waals surface area (Å²) in [7, 11) is 1.57. The van der Waals surface area contributed by atoms with Crippen LogP contribution in [-0.2, 0) is 14.3 Å². The minimum atomic E-state index is -0.631. The molecule has 2 rings (SSSR count). The summed E-state index contributed by atoms with van der Waals surface area (Å²) in [6.45, 7) is 4.69. The monoisotopic (exact) mass is 311 g/mol. The molecular weight excluding hydrogens is 286 g/mol. The van der Waals surface area contributed by atoms with Gasteiger partial charge in [-0.25, -0.2) is 0 Å². The molecule has 2 aliphatic rings. The number of aliphatic hydroxyl groups excluding tert-OH is 1. The Morgan fingerprint density at radius 3 is 2.73 bits per heavy atom. The second-order valence-electron chi connectivity index (χ2n) is 5.76. The highest BCUT2D eigenvalue weighted by molar-refractivity contribution is 5.88. The molecular formula is C15H25N3O4. The van der Waals surface area contributed by atoms with Gasteiger partial charge in [-0.3, -0.25) is 14.5 Å². The molecule has 0 radical (unpaired) electrons. The predicted molar refractivity (Wildman–Crippen MR) is 81.2 cm³/mol. The first-order valence-electron chi connectivity index (χ1n) is 7.74. The molecule has 0 spiro atoms. The highest BCUT2D eigenvalue weighted by atomic mass is 16.5. The average molecular weight is 311 g/mol. The van der Waals surface area contributed by atoms with Crippen molar-refractivity contribution in [2.75, 3.05) is 53.0 Å².